The van der Waals surface area contributed by atoms with Gasteiger partial charge in [0.1, 0.15) is 0 Å². The van der Waals surface area contributed by atoms with Gasteiger partial charge in [-0.05, 0) is 84.2 Å². The molecule has 2 aromatic rings. The minimum Gasteiger partial charge on any atom is -0.494 e. The molecule has 0 amide bonds. The van der Waals surface area contributed by atoms with E-state index in [2.05, 4.69) is 25.1 Å². The van der Waals surface area contributed by atoms with E-state index in [0.29, 0.717) is 11.7 Å². The molecule has 2 aromatic carbocycles. The summed E-state index contributed by atoms with van der Waals surface area (Å²) in [4.78, 5) is 0. The van der Waals surface area contributed by atoms with Crippen molar-refractivity contribution in [2.75, 3.05) is 7.11 Å². The van der Waals surface area contributed by atoms with E-state index in [1.165, 1.54) is 51.2 Å². The normalized spacial score (nSPS) is 30.1. The van der Waals surface area contributed by atoms with Crippen LogP contribution >= 0.6 is 0 Å². The molecule has 0 bridgehead atoms. The molecular weight excluding hydrogens is 299 g/mol. The first-order valence-corrected chi connectivity index (χ1v) is 9.41. The quantitative estimate of drug-likeness (QED) is 0.628. The standard InChI is InChI=1S/C22H27FO/c1-14-3-4-16-10-17(6-5-15(16)9-14)18-7-8-19-13-22(24-2)21(23)12-20(19)11-18/h7-8,11-17H,3-6,9-10H2,1-2H3/t14?,15-,16?,17-/m1/s1. The van der Waals surface area contributed by atoms with Gasteiger partial charge in [-0.15, -0.1) is 0 Å². The van der Waals surface area contributed by atoms with E-state index in [-0.39, 0.29) is 5.82 Å². The molecule has 0 radical (unpaired) electrons. The summed E-state index contributed by atoms with van der Waals surface area (Å²) >= 11 is 0. The van der Waals surface area contributed by atoms with Crippen molar-refractivity contribution < 1.29 is 9.13 Å². The van der Waals surface area contributed by atoms with Gasteiger partial charge < -0.3 is 4.74 Å². The van der Waals surface area contributed by atoms with Crippen molar-refractivity contribution in [2.45, 2.75) is 51.4 Å². The first-order valence-electron chi connectivity index (χ1n) is 9.41. The summed E-state index contributed by atoms with van der Waals surface area (Å²) in [5, 5.41) is 2.04. The summed E-state index contributed by atoms with van der Waals surface area (Å²) in [6.07, 6.45) is 8.21. The Balaban J connectivity index is 1.58. The molecule has 2 unspecified atom stereocenters. The van der Waals surface area contributed by atoms with Gasteiger partial charge in [0, 0.05) is 0 Å². The highest BCUT2D eigenvalue weighted by molar-refractivity contribution is 5.84. The van der Waals surface area contributed by atoms with E-state index >= 15 is 0 Å². The number of benzene rings is 2. The van der Waals surface area contributed by atoms with Gasteiger partial charge in [-0.3, -0.25) is 0 Å². The van der Waals surface area contributed by atoms with Gasteiger partial charge in [0.15, 0.2) is 11.6 Å². The molecule has 0 aromatic heterocycles. The third-order valence-electron chi connectivity index (χ3n) is 6.48. The first kappa shape index (κ1) is 15.9. The summed E-state index contributed by atoms with van der Waals surface area (Å²) in [6.45, 7) is 2.41. The van der Waals surface area contributed by atoms with E-state index in [1.54, 1.807) is 12.1 Å². The highest BCUT2D eigenvalue weighted by Crippen LogP contribution is 2.47. The van der Waals surface area contributed by atoms with Crippen LogP contribution in [0, 0.1) is 23.6 Å². The number of methoxy groups -OCH3 is 1. The zero-order valence-electron chi connectivity index (χ0n) is 14.7. The minimum absolute atomic E-state index is 0.271. The Morgan fingerprint density at radius 3 is 2.54 bits per heavy atom. The molecule has 0 heterocycles. The van der Waals surface area contributed by atoms with Crippen LogP contribution in [0.15, 0.2) is 30.3 Å². The Kier molecular flexibility index (Phi) is 4.24. The highest BCUT2D eigenvalue weighted by Gasteiger charge is 2.34. The van der Waals surface area contributed by atoms with E-state index in [1.807, 2.05) is 0 Å². The Labute approximate surface area is 144 Å². The number of halogens is 1. The fourth-order valence-corrected chi connectivity index (χ4v) is 5.10. The molecule has 4 rings (SSSR count). The average Bonchev–Trinajstić information content (AvgIpc) is 2.60. The smallest absolute Gasteiger partial charge is 0.165 e. The minimum atomic E-state index is -0.271. The van der Waals surface area contributed by atoms with Crippen LogP contribution in [-0.4, -0.2) is 7.11 Å². The van der Waals surface area contributed by atoms with Gasteiger partial charge in [-0.25, -0.2) is 4.39 Å². The van der Waals surface area contributed by atoms with Crippen molar-refractivity contribution in [3.63, 3.8) is 0 Å². The molecule has 0 saturated heterocycles. The Morgan fingerprint density at radius 1 is 0.917 bits per heavy atom. The van der Waals surface area contributed by atoms with E-state index in [0.717, 1.165) is 28.5 Å². The molecule has 2 fully saturated rings. The van der Waals surface area contributed by atoms with Gasteiger partial charge in [-0.1, -0.05) is 31.5 Å². The lowest BCUT2D eigenvalue weighted by atomic mass is 9.64. The van der Waals surface area contributed by atoms with Gasteiger partial charge >= 0.3 is 0 Å². The van der Waals surface area contributed by atoms with Crippen LogP contribution in [0.25, 0.3) is 10.8 Å². The lowest BCUT2D eigenvalue weighted by Gasteiger charge is -2.41. The SMILES string of the molecule is COc1cc2ccc([C@@H]3CC[C@@H]4CC(C)CCC4C3)cc2cc1F. The summed E-state index contributed by atoms with van der Waals surface area (Å²) in [6, 6.07) is 9.99. The molecule has 0 N–H and O–H groups in total. The first-order chi connectivity index (χ1) is 11.6. The van der Waals surface area contributed by atoms with Crippen LogP contribution in [0.5, 0.6) is 5.75 Å². The summed E-state index contributed by atoms with van der Waals surface area (Å²) < 4.78 is 19.1. The van der Waals surface area contributed by atoms with Gasteiger partial charge in [0.25, 0.3) is 0 Å². The second-order valence-electron chi connectivity index (χ2n) is 8.04. The predicted molar refractivity (Wildman–Crippen MR) is 97.0 cm³/mol. The second-order valence-corrected chi connectivity index (χ2v) is 8.04. The van der Waals surface area contributed by atoms with Crippen LogP contribution in [-0.2, 0) is 0 Å². The van der Waals surface area contributed by atoms with Crippen molar-refractivity contribution in [3.05, 3.63) is 41.7 Å². The fraction of sp³-hybridized carbons (Fsp3) is 0.545. The highest BCUT2D eigenvalue weighted by atomic mass is 19.1. The number of hydrogen-bond donors (Lipinski definition) is 0. The third-order valence-corrected chi connectivity index (χ3v) is 6.48. The molecule has 0 spiro atoms. The number of rotatable bonds is 2. The zero-order valence-corrected chi connectivity index (χ0v) is 14.7. The molecule has 24 heavy (non-hydrogen) atoms. The summed E-state index contributed by atoms with van der Waals surface area (Å²) in [5.41, 5.74) is 1.39. The van der Waals surface area contributed by atoms with Crippen LogP contribution < -0.4 is 4.74 Å². The fourth-order valence-electron chi connectivity index (χ4n) is 5.10. The molecule has 2 heteroatoms. The zero-order chi connectivity index (χ0) is 16.7. The maximum absolute atomic E-state index is 14.0. The van der Waals surface area contributed by atoms with Crippen molar-refractivity contribution in [1.82, 2.24) is 0 Å². The molecule has 1 nitrogen and oxygen atoms in total. The maximum Gasteiger partial charge on any atom is 0.165 e. The average molecular weight is 326 g/mol. The Hall–Kier alpha value is -1.57. The second kappa shape index (κ2) is 6.38. The predicted octanol–water partition coefficient (Wildman–Crippen LogP) is 6.31. The van der Waals surface area contributed by atoms with E-state index in [4.69, 9.17) is 4.74 Å². The van der Waals surface area contributed by atoms with E-state index in [9.17, 15) is 4.39 Å². The number of fused-ring (bicyclic) bond motifs is 2. The molecule has 2 aliphatic rings. The molecule has 4 atom stereocenters. The van der Waals surface area contributed by atoms with Gasteiger partial charge in [0.2, 0.25) is 0 Å². The van der Waals surface area contributed by atoms with Crippen molar-refractivity contribution in [1.29, 1.82) is 0 Å². The molecule has 128 valence electrons. The molecule has 0 aliphatic heterocycles. The lowest BCUT2D eigenvalue weighted by Crippen LogP contribution is -2.29. The molecule has 2 aliphatic carbocycles. The van der Waals surface area contributed by atoms with Gasteiger partial charge in [-0.2, -0.15) is 0 Å². The third kappa shape index (κ3) is 2.92. The molecule has 2 saturated carbocycles. The largest absolute Gasteiger partial charge is 0.494 e. The number of ether oxygens (including phenoxy) is 1. The summed E-state index contributed by atoms with van der Waals surface area (Å²) in [5.74, 6) is 3.48. The number of hydrogen-bond acceptors (Lipinski definition) is 1. The topological polar surface area (TPSA) is 9.23 Å². The van der Waals surface area contributed by atoms with Crippen LogP contribution in [0.1, 0.15) is 56.9 Å². The summed E-state index contributed by atoms with van der Waals surface area (Å²) in [7, 11) is 1.52. The lowest BCUT2D eigenvalue weighted by molar-refractivity contribution is 0.124. The van der Waals surface area contributed by atoms with Crippen LogP contribution in [0.3, 0.4) is 0 Å². The van der Waals surface area contributed by atoms with Crippen LogP contribution in [0.2, 0.25) is 0 Å². The maximum atomic E-state index is 14.0. The monoisotopic (exact) mass is 326 g/mol. The molecular formula is C22H27FO. The van der Waals surface area contributed by atoms with Crippen molar-refractivity contribution in [3.8, 4) is 5.75 Å². The Bertz CT molecular complexity index is 738. The van der Waals surface area contributed by atoms with Crippen molar-refractivity contribution in [2.24, 2.45) is 17.8 Å². The van der Waals surface area contributed by atoms with Crippen molar-refractivity contribution >= 4 is 10.8 Å². The van der Waals surface area contributed by atoms with Crippen LogP contribution in [0.4, 0.5) is 4.39 Å². The van der Waals surface area contributed by atoms with Gasteiger partial charge in [0.05, 0.1) is 7.11 Å². The Morgan fingerprint density at radius 2 is 1.71 bits per heavy atom. The van der Waals surface area contributed by atoms with E-state index < -0.39 is 0 Å².